The second-order valence-electron chi connectivity index (χ2n) is 4.87. The highest BCUT2D eigenvalue weighted by Gasteiger charge is 2.25. The topological polar surface area (TPSA) is 81.4 Å². The minimum atomic E-state index is -0.687. The summed E-state index contributed by atoms with van der Waals surface area (Å²) in [5.41, 5.74) is 7.78. The van der Waals surface area contributed by atoms with Gasteiger partial charge in [0.2, 0.25) is 5.91 Å². The van der Waals surface area contributed by atoms with Crippen molar-refractivity contribution in [3.05, 3.63) is 29.8 Å². The van der Waals surface area contributed by atoms with E-state index in [2.05, 4.69) is 5.32 Å². The normalized spacial score (nSPS) is 19.1. The van der Waals surface area contributed by atoms with Crippen LogP contribution in [0.15, 0.2) is 24.3 Å². The van der Waals surface area contributed by atoms with E-state index >= 15 is 0 Å². The van der Waals surface area contributed by atoms with Crippen molar-refractivity contribution in [3.8, 4) is 0 Å². The molecule has 0 aromatic heterocycles. The van der Waals surface area contributed by atoms with E-state index < -0.39 is 12.0 Å². The molecule has 1 heterocycles. The molecule has 1 aromatic carbocycles. The molecule has 0 radical (unpaired) electrons. The second kappa shape index (κ2) is 7.47. The van der Waals surface area contributed by atoms with E-state index in [-0.39, 0.29) is 11.2 Å². The van der Waals surface area contributed by atoms with Crippen molar-refractivity contribution in [2.45, 2.75) is 31.1 Å². The highest BCUT2D eigenvalue weighted by atomic mass is 32.2. The number of thioether (sulfide) groups is 1. The van der Waals surface area contributed by atoms with Gasteiger partial charge in [-0.05, 0) is 31.4 Å². The van der Waals surface area contributed by atoms with Gasteiger partial charge in [-0.3, -0.25) is 9.59 Å². The average Bonchev–Trinajstić information content (AvgIpc) is 2.63. The largest absolute Gasteiger partial charge is 0.465 e. The number of benzene rings is 1. The van der Waals surface area contributed by atoms with Crippen molar-refractivity contribution in [1.29, 1.82) is 0 Å². The Morgan fingerprint density at radius 2 is 2.29 bits per heavy atom. The number of esters is 1. The first-order valence-corrected chi connectivity index (χ1v) is 8.09. The van der Waals surface area contributed by atoms with Crippen LogP contribution in [-0.2, 0) is 20.7 Å². The Balaban J connectivity index is 1.91. The molecule has 0 saturated carbocycles. The molecule has 3 N–H and O–H groups in total. The van der Waals surface area contributed by atoms with Crippen LogP contribution in [0.25, 0.3) is 0 Å². The minimum absolute atomic E-state index is 0.0268. The van der Waals surface area contributed by atoms with Crippen molar-refractivity contribution in [1.82, 2.24) is 0 Å². The van der Waals surface area contributed by atoms with Crippen molar-refractivity contribution in [2.75, 3.05) is 17.7 Å². The Morgan fingerprint density at radius 1 is 1.52 bits per heavy atom. The van der Waals surface area contributed by atoms with E-state index in [4.69, 9.17) is 10.5 Å². The van der Waals surface area contributed by atoms with E-state index in [0.717, 1.165) is 24.1 Å². The molecular formula is C15H20N2O3S. The molecule has 0 saturated heterocycles. The fourth-order valence-electron chi connectivity index (χ4n) is 2.19. The third-order valence-corrected chi connectivity index (χ3v) is 4.71. The van der Waals surface area contributed by atoms with Crippen molar-refractivity contribution < 1.29 is 14.3 Å². The maximum atomic E-state index is 12.2. The molecule has 1 aromatic rings. The molecule has 6 heteroatoms. The molecule has 0 bridgehead atoms. The van der Waals surface area contributed by atoms with Crippen LogP contribution < -0.4 is 11.1 Å². The standard InChI is InChI=1S/C15H20N2O3S/c1-2-20-15(19)11(16)9-21-13-8-7-10-5-3-4-6-12(10)17-14(13)18/h3-6,11,13H,2,7-9,16H2,1H3,(H,17,18). The molecule has 2 unspecified atom stereocenters. The van der Waals surface area contributed by atoms with Gasteiger partial charge < -0.3 is 15.8 Å². The third kappa shape index (κ3) is 4.22. The highest BCUT2D eigenvalue weighted by Crippen LogP contribution is 2.27. The number of aryl methyl sites for hydroxylation is 1. The zero-order valence-electron chi connectivity index (χ0n) is 12.0. The van der Waals surface area contributed by atoms with Crippen LogP contribution in [0, 0.1) is 0 Å². The number of fused-ring (bicyclic) bond motifs is 1. The first kappa shape index (κ1) is 15.9. The Kier molecular flexibility index (Phi) is 5.64. The van der Waals surface area contributed by atoms with Crippen molar-refractivity contribution in [2.24, 2.45) is 5.73 Å². The van der Waals surface area contributed by atoms with Gasteiger partial charge in [-0.1, -0.05) is 18.2 Å². The summed E-state index contributed by atoms with van der Waals surface area (Å²) in [5, 5.41) is 2.74. The highest BCUT2D eigenvalue weighted by molar-refractivity contribution is 8.00. The summed E-state index contributed by atoms with van der Waals surface area (Å²) in [4.78, 5) is 23.7. The Morgan fingerprint density at radius 3 is 3.05 bits per heavy atom. The number of anilines is 1. The fourth-order valence-corrected chi connectivity index (χ4v) is 3.26. The number of ether oxygens (including phenoxy) is 1. The van der Waals surface area contributed by atoms with Crippen LogP contribution in [0.5, 0.6) is 0 Å². The van der Waals surface area contributed by atoms with Crippen LogP contribution in [0.4, 0.5) is 5.69 Å². The third-order valence-electron chi connectivity index (χ3n) is 3.31. The van der Waals surface area contributed by atoms with Crippen molar-refractivity contribution >= 4 is 29.3 Å². The van der Waals surface area contributed by atoms with Crippen LogP contribution in [-0.4, -0.2) is 35.5 Å². The number of nitrogens with one attached hydrogen (secondary N) is 1. The van der Waals surface area contributed by atoms with Gasteiger partial charge in [0.25, 0.3) is 0 Å². The van der Waals surface area contributed by atoms with Crippen LogP contribution in [0.1, 0.15) is 18.9 Å². The van der Waals surface area contributed by atoms with Gasteiger partial charge in [0, 0.05) is 11.4 Å². The lowest BCUT2D eigenvalue weighted by Gasteiger charge is -2.15. The molecule has 1 aliphatic rings. The van der Waals surface area contributed by atoms with Crippen LogP contribution in [0.2, 0.25) is 0 Å². The molecule has 114 valence electrons. The lowest BCUT2D eigenvalue weighted by Crippen LogP contribution is -2.36. The van der Waals surface area contributed by atoms with Gasteiger partial charge in [-0.2, -0.15) is 0 Å². The first-order chi connectivity index (χ1) is 10.1. The molecule has 21 heavy (non-hydrogen) atoms. The van der Waals surface area contributed by atoms with Gasteiger partial charge in [0.15, 0.2) is 0 Å². The summed E-state index contributed by atoms with van der Waals surface area (Å²) < 4.78 is 4.87. The van der Waals surface area contributed by atoms with Gasteiger partial charge in [-0.25, -0.2) is 0 Å². The SMILES string of the molecule is CCOC(=O)C(N)CSC1CCc2ccccc2NC1=O. The summed E-state index contributed by atoms with van der Waals surface area (Å²) in [6.45, 7) is 2.06. The fraction of sp³-hybridized carbons (Fsp3) is 0.467. The summed E-state index contributed by atoms with van der Waals surface area (Å²) in [5.74, 6) is -0.0592. The number of rotatable bonds is 5. The lowest BCUT2D eigenvalue weighted by atomic mass is 10.1. The molecule has 1 amide bonds. The van der Waals surface area contributed by atoms with E-state index in [9.17, 15) is 9.59 Å². The Hall–Kier alpha value is -1.53. The predicted molar refractivity (Wildman–Crippen MR) is 84.2 cm³/mol. The summed E-state index contributed by atoms with van der Waals surface area (Å²) in [7, 11) is 0. The zero-order chi connectivity index (χ0) is 15.2. The van der Waals surface area contributed by atoms with Gasteiger partial charge in [0.05, 0.1) is 11.9 Å². The zero-order valence-corrected chi connectivity index (χ0v) is 12.8. The average molecular weight is 308 g/mol. The smallest absolute Gasteiger partial charge is 0.323 e. The van der Waals surface area contributed by atoms with Gasteiger partial charge in [-0.15, -0.1) is 11.8 Å². The Labute approximate surface area is 128 Å². The molecule has 0 aliphatic carbocycles. The first-order valence-electron chi connectivity index (χ1n) is 7.04. The Bertz CT molecular complexity index is 521. The summed E-state index contributed by atoms with van der Waals surface area (Å²) >= 11 is 1.41. The van der Waals surface area contributed by atoms with E-state index in [1.54, 1.807) is 6.92 Å². The number of para-hydroxylation sites is 1. The number of amides is 1. The minimum Gasteiger partial charge on any atom is -0.465 e. The van der Waals surface area contributed by atoms with E-state index in [1.807, 2.05) is 24.3 Å². The van der Waals surface area contributed by atoms with Crippen LogP contribution in [0.3, 0.4) is 0 Å². The summed E-state index contributed by atoms with van der Waals surface area (Å²) in [6.07, 6.45) is 1.57. The number of carbonyl (C=O) groups is 2. The number of hydrogen-bond acceptors (Lipinski definition) is 5. The predicted octanol–water partition coefficient (Wildman–Crippen LogP) is 1.56. The quantitative estimate of drug-likeness (QED) is 0.807. The van der Waals surface area contributed by atoms with Gasteiger partial charge >= 0.3 is 5.97 Å². The monoisotopic (exact) mass is 308 g/mol. The van der Waals surface area contributed by atoms with Crippen LogP contribution >= 0.6 is 11.8 Å². The van der Waals surface area contributed by atoms with Crippen molar-refractivity contribution in [3.63, 3.8) is 0 Å². The van der Waals surface area contributed by atoms with E-state index in [1.165, 1.54) is 11.8 Å². The molecular weight excluding hydrogens is 288 g/mol. The molecule has 5 nitrogen and oxygen atoms in total. The molecule has 0 fully saturated rings. The molecule has 2 rings (SSSR count). The number of nitrogens with two attached hydrogens (primary N) is 1. The second-order valence-corrected chi connectivity index (χ2v) is 6.10. The molecule has 1 aliphatic heterocycles. The lowest BCUT2D eigenvalue weighted by molar-refractivity contribution is -0.144. The number of hydrogen-bond donors (Lipinski definition) is 2. The molecule has 2 atom stereocenters. The summed E-state index contributed by atoms with van der Waals surface area (Å²) in [6, 6.07) is 7.11. The number of carbonyl (C=O) groups excluding carboxylic acids is 2. The molecule has 0 spiro atoms. The maximum absolute atomic E-state index is 12.2. The van der Waals surface area contributed by atoms with Gasteiger partial charge in [0.1, 0.15) is 6.04 Å². The maximum Gasteiger partial charge on any atom is 0.323 e. The van der Waals surface area contributed by atoms with E-state index in [0.29, 0.717) is 12.4 Å².